The van der Waals surface area contributed by atoms with E-state index in [1.54, 1.807) is 0 Å². The third-order valence-corrected chi connectivity index (χ3v) is 1.57. The molecule has 0 fully saturated rings. The number of hydrogen-bond donors (Lipinski definition) is 1. The molecule has 76 valence electrons. The van der Waals surface area contributed by atoms with Crippen molar-refractivity contribution in [3.63, 3.8) is 0 Å². The highest BCUT2D eigenvalue weighted by molar-refractivity contribution is 4.52. The van der Waals surface area contributed by atoms with Crippen molar-refractivity contribution in [3.05, 3.63) is 0 Å². The average Bonchev–Trinajstić information content (AvgIpc) is 2.05. The Morgan fingerprint density at radius 2 is 1.67 bits per heavy atom. The minimum absolute atomic E-state index is 0.272. The normalized spacial score (nSPS) is 10.0. The largest absolute Gasteiger partial charge is 0.395 e. The van der Waals surface area contributed by atoms with Gasteiger partial charge in [0.15, 0.2) is 0 Å². The van der Waals surface area contributed by atoms with Crippen LogP contribution in [0.2, 0.25) is 0 Å². The Kier molecular flexibility index (Phi) is 13.1. The van der Waals surface area contributed by atoms with E-state index in [0.29, 0.717) is 0 Å². The van der Waals surface area contributed by atoms with Crippen LogP contribution < -0.4 is 0 Å². The third-order valence-electron chi connectivity index (χ3n) is 1.57. The molecule has 0 aromatic carbocycles. The van der Waals surface area contributed by atoms with E-state index in [4.69, 9.17) is 5.11 Å². The summed E-state index contributed by atoms with van der Waals surface area (Å²) in [4.78, 5) is 2.15. The highest BCUT2D eigenvalue weighted by Gasteiger charge is 1.98. The molecule has 0 aliphatic carbocycles. The molecule has 2 nitrogen and oxygen atoms in total. The first-order valence-corrected chi connectivity index (χ1v) is 4.96. The standard InChI is InChI=1S/C8H19NO.C2H6/c1-8(2)4-5-9(3)6-7-10;1-2/h8,10H,4-7H2,1-3H3;1-2H3. The third kappa shape index (κ3) is 12.6. The molecule has 0 rings (SSSR count). The predicted molar refractivity (Wildman–Crippen MR) is 55.4 cm³/mol. The summed E-state index contributed by atoms with van der Waals surface area (Å²) in [5, 5.41) is 8.56. The Labute approximate surface area is 77.6 Å². The van der Waals surface area contributed by atoms with Crippen LogP contribution in [0.25, 0.3) is 0 Å². The van der Waals surface area contributed by atoms with Crippen LogP contribution in [0.1, 0.15) is 34.1 Å². The first-order chi connectivity index (χ1) is 5.66. The lowest BCUT2D eigenvalue weighted by molar-refractivity contribution is 0.215. The van der Waals surface area contributed by atoms with E-state index in [9.17, 15) is 0 Å². The molecule has 1 N–H and O–H groups in total. The Morgan fingerprint density at radius 3 is 2.00 bits per heavy atom. The second kappa shape index (κ2) is 10.9. The molecule has 0 aliphatic rings. The van der Waals surface area contributed by atoms with Crippen molar-refractivity contribution >= 4 is 0 Å². The van der Waals surface area contributed by atoms with Gasteiger partial charge in [0, 0.05) is 6.54 Å². The van der Waals surface area contributed by atoms with Crippen molar-refractivity contribution in [2.45, 2.75) is 34.1 Å². The van der Waals surface area contributed by atoms with Gasteiger partial charge in [-0.1, -0.05) is 27.7 Å². The van der Waals surface area contributed by atoms with Crippen LogP contribution in [0.15, 0.2) is 0 Å². The highest BCUT2D eigenvalue weighted by atomic mass is 16.3. The molecule has 0 saturated heterocycles. The number of likely N-dealkylation sites (N-methyl/N-ethyl adjacent to an activating group) is 1. The van der Waals surface area contributed by atoms with Gasteiger partial charge >= 0.3 is 0 Å². The van der Waals surface area contributed by atoms with Crippen LogP contribution in [0, 0.1) is 5.92 Å². The minimum Gasteiger partial charge on any atom is -0.395 e. The lowest BCUT2D eigenvalue weighted by Crippen LogP contribution is -2.24. The molecule has 0 bridgehead atoms. The van der Waals surface area contributed by atoms with Crippen molar-refractivity contribution in [3.8, 4) is 0 Å². The summed E-state index contributed by atoms with van der Waals surface area (Å²) in [6.07, 6.45) is 1.22. The summed E-state index contributed by atoms with van der Waals surface area (Å²) < 4.78 is 0. The maximum Gasteiger partial charge on any atom is 0.0558 e. The van der Waals surface area contributed by atoms with Gasteiger partial charge < -0.3 is 10.0 Å². The van der Waals surface area contributed by atoms with Gasteiger partial charge in [-0.25, -0.2) is 0 Å². The Balaban J connectivity index is 0. The maximum atomic E-state index is 8.56. The SMILES string of the molecule is CC.CC(C)CCN(C)CCO. The number of nitrogens with zero attached hydrogens (tertiary/aromatic N) is 1. The van der Waals surface area contributed by atoms with Crippen LogP contribution >= 0.6 is 0 Å². The lowest BCUT2D eigenvalue weighted by atomic mass is 10.1. The summed E-state index contributed by atoms with van der Waals surface area (Å²) in [5.74, 6) is 0.765. The van der Waals surface area contributed by atoms with Gasteiger partial charge in [-0.15, -0.1) is 0 Å². The molecule has 0 heterocycles. The fraction of sp³-hybridized carbons (Fsp3) is 1.00. The van der Waals surface area contributed by atoms with Crippen LogP contribution in [0.5, 0.6) is 0 Å². The zero-order valence-electron chi connectivity index (χ0n) is 9.30. The van der Waals surface area contributed by atoms with Crippen molar-refractivity contribution < 1.29 is 5.11 Å². The zero-order chi connectivity index (χ0) is 9.98. The van der Waals surface area contributed by atoms with Gasteiger partial charge in [-0.3, -0.25) is 0 Å². The summed E-state index contributed by atoms with van der Waals surface area (Å²) in [6, 6.07) is 0. The molecular formula is C10H25NO. The summed E-state index contributed by atoms with van der Waals surface area (Å²) in [7, 11) is 2.04. The molecular weight excluding hydrogens is 150 g/mol. The van der Waals surface area contributed by atoms with Crippen LogP contribution in [-0.4, -0.2) is 36.8 Å². The number of rotatable bonds is 5. The second-order valence-electron chi connectivity index (χ2n) is 3.21. The van der Waals surface area contributed by atoms with E-state index in [1.807, 2.05) is 20.9 Å². The van der Waals surface area contributed by atoms with Gasteiger partial charge in [0.1, 0.15) is 0 Å². The molecule has 12 heavy (non-hydrogen) atoms. The van der Waals surface area contributed by atoms with E-state index in [0.717, 1.165) is 19.0 Å². The first-order valence-electron chi connectivity index (χ1n) is 4.96. The Morgan fingerprint density at radius 1 is 1.17 bits per heavy atom. The molecule has 0 aliphatic heterocycles. The summed E-state index contributed by atoms with van der Waals surface area (Å²) in [6.45, 7) is 10.6. The fourth-order valence-electron chi connectivity index (χ4n) is 0.761. The number of aliphatic hydroxyl groups is 1. The van der Waals surface area contributed by atoms with E-state index in [-0.39, 0.29) is 6.61 Å². The van der Waals surface area contributed by atoms with Crippen molar-refractivity contribution in [2.75, 3.05) is 26.7 Å². The molecule has 0 unspecified atom stereocenters. The summed E-state index contributed by atoms with van der Waals surface area (Å²) >= 11 is 0. The van der Waals surface area contributed by atoms with E-state index in [2.05, 4.69) is 18.7 Å². The van der Waals surface area contributed by atoms with Gasteiger partial charge in [-0.05, 0) is 25.9 Å². The quantitative estimate of drug-likeness (QED) is 0.690. The smallest absolute Gasteiger partial charge is 0.0558 e. The first kappa shape index (κ1) is 14.4. The highest BCUT2D eigenvalue weighted by Crippen LogP contribution is 1.99. The van der Waals surface area contributed by atoms with Crippen LogP contribution in [-0.2, 0) is 0 Å². The van der Waals surface area contributed by atoms with Crippen LogP contribution in [0.4, 0.5) is 0 Å². The molecule has 0 amide bonds. The topological polar surface area (TPSA) is 23.5 Å². The molecule has 2 heteroatoms. The van der Waals surface area contributed by atoms with Crippen molar-refractivity contribution in [1.29, 1.82) is 0 Å². The molecule has 0 aromatic heterocycles. The average molecular weight is 175 g/mol. The van der Waals surface area contributed by atoms with Crippen molar-refractivity contribution in [2.24, 2.45) is 5.92 Å². The molecule has 0 aromatic rings. The van der Waals surface area contributed by atoms with Gasteiger partial charge in [-0.2, -0.15) is 0 Å². The lowest BCUT2D eigenvalue weighted by Gasteiger charge is -2.15. The van der Waals surface area contributed by atoms with Crippen LogP contribution in [0.3, 0.4) is 0 Å². The number of hydrogen-bond acceptors (Lipinski definition) is 2. The molecule has 0 radical (unpaired) electrons. The Hall–Kier alpha value is -0.0800. The maximum absolute atomic E-state index is 8.56. The monoisotopic (exact) mass is 175 g/mol. The second-order valence-corrected chi connectivity index (χ2v) is 3.21. The van der Waals surface area contributed by atoms with Gasteiger partial charge in [0.2, 0.25) is 0 Å². The Bertz CT molecular complexity index is 74.2. The van der Waals surface area contributed by atoms with Crippen molar-refractivity contribution in [1.82, 2.24) is 4.90 Å². The summed E-state index contributed by atoms with van der Waals surface area (Å²) in [5.41, 5.74) is 0. The van der Waals surface area contributed by atoms with E-state index < -0.39 is 0 Å². The van der Waals surface area contributed by atoms with Gasteiger partial charge in [0.05, 0.1) is 6.61 Å². The fourth-order valence-corrected chi connectivity index (χ4v) is 0.761. The molecule has 0 spiro atoms. The van der Waals surface area contributed by atoms with E-state index in [1.165, 1.54) is 6.42 Å². The van der Waals surface area contributed by atoms with Gasteiger partial charge in [0.25, 0.3) is 0 Å². The molecule has 0 saturated carbocycles. The predicted octanol–water partition coefficient (Wildman–Crippen LogP) is 1.98. The zero-order valence-corrected chi connectivity index (χ0v) is 9.30. The number of aliphatic hydroxyl groups excluding tert-OH is 1. The molecule has 0 atom stereocenters. The van der Waals surface area contributed by atoms with E-state index >= 15 is 0 Å². The minimum atomic E-state index is 0.272.